The number of nitrogens with zero attached hydrogens (tertiary/aromatic N) is 7. The van der Waals surface area contributed by atoms with Crippen LogP contribution in [0.3, 0.4) is 0 Å². The number of hydrogen-bond donors (Lipinski definition) is 7. The predicted octanol–water partition coefficient (Wildman–Crippen LogP) is 0.954. The summed E-state index contributed by atoms with van der Waals surface area (Å²) in [4.78, 5) is 141. The first-order chi connectivity index (χ1) is 44.5. The topological polar surface area (TPSA) is 392 Å². The highest BCUT2D eigenvalue weighted by atomic mass is 16.5. The lowest BCUT2D eigenvalue weighted by molar-refractivity contribution is -0.137. The monoisotopic (exact) mass is 1330 g/mol. The Labute approximate surface area is 551 Å². The van der Waals surface area contributed by atoms with Gasteiger partial charge in [0.05, 0.1) is 130 Å². The van der Waals surface area contributed by atoms with Gasteiger partial charge in [0, 0.05) is 55.2 Å². The molecule has 5 atom stereocenters. The molecule has 1 aliphatic rings. The van der Waals surface area contributed by atoms with E-state index in [0.29, 0.717) is 63.6 Å². The van der Waals surface area contributed by atoms with E-state index in [0.717, 1.165) is 4.90 Å². The maximum absolute atomic E-state index is 13.6. The van der Waals surface area contributed by atoms with Crippen molar-refractivity contribution >= 4 is 64.7 Å². The molecule has 0 radical (unpaired) electrons. The van der Waals surface area contributed by atoms with Crippen LogP contribution < -0.4 is 37.2 Å². The van der Waals surface area contributed by atoms with Gasteiger partial charge in [-0.1, -0.05) is 86.1 Å². The van der Waals surface area contributed by atoms with Gasteiger partial charge in [-0.2, -0.15) is 0 Å². The second-order valence-corrected chi connectivity index (χ2v) is 25.5. The Bertz CT molecular complexity index is 2750. The molecule has 0 fully saturated rings. The Morgan fingerprint density at radius 3 is 1.24 bits per heavy atom. The van der Waals surface area contributed by atoms with Gasteiger partial charge in [0.2, 0.25) is 41.4 Å². The number of rotatable bonds is 49. The van der Waals surface area contributed by atoms with E-state index >= 15 is 0 Å². The molecule has 7 N–H and O–H groups in total. The molecule has 0 spiro atoms. The van der Waals surface area contributed by atoms with Crippen LogP contribution in [-0.2, 0) is 107 Å². The molecule has 0 bridgehead atoms. The largest absolute Gasteiger partial charge is 0.379 e. The molecule has 31 heteroatoms. The van der Waals surface area contributed by atoms with Crippen molar-refractivity contribution in [1.29, 1.82) is 0 Å². The first kappa shape index (κ1) is 80.8. The highest BCUT2D eigenvalue weighted by molar-refractivity contribution is 6.12. The van der Waals surface area contributed by atoms with Crippen LogP contribution in [0.1, 0.15) is 146 Å². The molecule has 0 aliphatic carbocycles. The summed E-state index contributed by atoms with van der Waals surface area (Å²) in [6.45, 7) is 25.1. The van der Waals surface area contributed by atoms with Crippen molar-refractivity contribution in [1.82, 2.24) is 72.1 Å². The normalized spacial score (nSPS) is 14.1. The van der Waals surface area contributed by atoms with Crippen molar-refractivity contribution in [3.63, 3.8) is 0 Å². The van der Waals surface area contributed by atoms with E-state index in [1.54, 1.807) is 77.1 Å². The Balaban J connectivity index is 1.32. The van der Waals surface area contributed by atoms with Crippen molar-refractivity contribution in [2.45, 2.75) is 191 Å². The number of carbonyl (C=O) groups excluding carboxylic acids is 11. The molecule has 2 aromatic rings. The van der Waals surface area contributed by atoms with Crippen LogP contribution in [0.25, 0.3) is 0 Å². The summed E-state index contributed by atoms with van der Waals surface area (Å²) in [5.41, 5.74) is -0.335. The van der Waals surface area contributed by atoms with Crippen LogP contribution in [0.4, 0.5) is 0 Å². The zero-order chi connectivity index (χ0) is 69.8. The fourth-order valence-electron chi connectivity index (χ4n) is 9.16. The Morgan fingerprint density at radius 2 is 0.830 bits per heavy atom. The van der Waals surface area contributed by atoms with Crippen LogP contribution in [-0.4, -0.2) is 216 Å². The molecule has 0 saturated heterocycles. The standard InChI is InChI=1S/C63H104N14O17/c1-42(2)55(60(87)66-44(5)57(84)62(7,8)9)69-51(80)21-26-89-30-34-93-36-32-91-28-24-75-40-46(71-73-75)38-64-49(78)18-17-48(68-50(79)16-14-13-15-23-77-53(82)19-20-54(77)83)59(86)65-39-47-41-76(74-72-47)25-29-92-33-37-94-35-31-90-27-22-52(81)70-56(43(3)4)61(88)67-45(6)58(85)63(10,11)12/h19-20,40-45,48,55-56H,13-18,21-39H2,1-12H3,(H,64,78)(H,65,86)(H,66,87)(H,67,88)(H,68,79)(H,69,80)(H,70,81)/t44-,45-,48-,55-,56-/m0/s1. The van der Waals surface area contributed by atoms with E-state index in [1.807, 2.05) is 27.7 Å². The molecule has 3 rings (SSSR count). The highest BCUT2D eigenvalue weighted by Crippen LogP contribution is 2.19. The summed E-state index contributed by atoms with van der Waals surface area (Å²) in [7, 11) is 0. The predicted molar refractivity (Wildman–Crippen MR) is 341 cm³/mol. The Kier molecular flexibility index (Phi) is 36.8. The summed E-state index contributed by atoms with van der Waals surface area (Å²) in [5, 5.41) is 35.6. The maximum Gasteiger partial charge on any atom is 0.253 e. The average Bonchev–Trinajstić information content (AvgIpc) is 1.11. The number of aromatic nitrogens is 6. The molecular formula is C63H104N14O17. The van der Waals surface area contributed by atoms with Gasteiger partial charge in [0.25, 0.3) is 11.8 Å². The van der Waals surface area contributed by atoms with Gasteiger partial charge >= 0.3 is 0 Å². The van der Waals surface area contributed by atoms with E-state index in [9.17, 15) is 52.7 Å². The van der Waals surface area contributed by atoms with E-state index in [2.05, 4.69) is 57.8 Å². The molecule has 2 aromatic heterocycles. The first-order valence-corrected chi connectivity index (χ1v) is 32.4. The van der Waals surface area contributed by atoms with Gasteiger partial charge < -0.3 is 65.6 Å². The number of ketones is 2. The van der Waals surface area contributed by atoms with Gasteiger partial charge in [-0.3, -0.25) is 57.6 Å². The SMILES string of the molecule is CC(C)[C@H](NC(=O)CCOCCOCCOCCn1cc(CNC(=O)CC[C@H](NC(=O)CCCCCN2C(=O)C=CC2=O)C(=O)NCc2cn(CCOCCOCCOCCC(=O)N[C@H](C(=O)N[C@@H](C)C(=O)C(C)(C)C)C(C)C)nn2)nn1)C(=O)N[C@@H](C)C(=O)C(C)(C)C. The average molecular weight is 1330 g/mol. The van der Waals surface area contributed by atoms with Crippen LogP contribution >= 0.6 is 0 Å². The lowest BCUT2D eigenvalue weighted by Gasteiger charge is -2.26. The highest BCUT2D eigenvalue weighted by Gasteiger charge is 2.33. The fourth-order valence-corrected chi connectivity index (χ4v) is 9.16. The van der Waals surface area contributed by atoms with Crippen molar-refractivity contribution in [3.05, 3.63) is 35.9 Å². The second kappa shape index (κ2) is 42.8. The third-order valence-electron chi connectivity index (χ3n) is 14.5. The molecule has 0 saturated carbocycles. The quantitative estimate of drug-likeness (QED) is 0.0358. The number of amides is 9. The number of Topliss-reactive ketones (excluding diaryl/α,β-unsaturated/α-hetero) is 2. The summed E-state index contributed by atoms with van der Waals surface area (Å²) in [6, 6.07) is -4.09. The molecule has 31 nitrogen and oxygen atoms in total. The summed E-state index contributed by atoms with van der Waals surface area (Å²) in [5.74, 6) is -4.31. The first-order valence-electron chi connectivity index (χ1n) is 32.4. The zero-order valence-corrected chi connectivity index (χ0v) is 57.1. The lowest BCUT2D eigenvalue weighted by atomic mass is 9.87. The molecular weight excluding hydrogens is 1220 g/mol. The van der Waals surface area contributed by atoms with Crippen LogP contribution in [0.5, 0.6) is 0 Å². The van der Waals surface area contributed by atoms with E-state index in [-0.39, 0.29) is 158 Å². The molecule has 0 aromatic carbocycles. The summed E-state index contributed by atoms with van der Waals surface area (Å²) in [6.07, 6.45) is 7.16. The van der Waals surface area contributed by atoms with Crippen molar-refractivity contribution < 1.29 is 81.2 Å². The molecule has 9 amide bonds. The van der Waals surface area contributed by atoms with Gasteiger partial charge in [-0.05, 0) is 44.9 Å². The Morgan fingerprint density at radius 1 is 0.436 bits per heavy atom. The van der Waals surface area contributed by atoms with Gasteiger partial charge in [-0.15, -0.1) is 10.2 Å². The zero-order valence-electron chi connectivity index (χ0n) is 57.1. The number of ether oxygens (including phenoxy) is 6. The third kappa shape index (κ3) is 32.6. The number of imide groups is 1. The van der Waals surface area contributed by atoms with Crippen LogP contribution in [0.15, 0.2) is 24.5 Å². The van der Waals surface area contributed by atoms with E-state index < -0.39 is 70.6 Å². The van der Waals surface area contributed by atoms with Crippen LogP contribution in [0.2, 0.25) is 0 Å². The van der Waals surface area contributed by atoms with Crippen LogP contribution in [0, 0.1) is 22.7 Å². The van der Waals surface area contributed by atoms with Crippen molar-refractivity contribution in [3.8, 4) is 0 Å². The minimum absolute atomic E-state index is 0.0260. The van der Waals surface area contributed by atoms with Crippen molar-refractivity contribution in [2.75, 3.05) is 85.8 Å². The summed E-state index contributed by atoms with van der Waals surface area (Å²) < 4.78 is 36.6. The maximum atomic E-state index is 13.6. The van der Waals surface area contributed by atoms with Gasteiger partial charge in [-0.25, -0.2) is 9.36 Å². The second-order valence-electron chi connectivity index (χ2n) is 25.5. The number of nitrogens with one attached hydrogen (secondary N) is 7. The molecule has 1 aliphatic heterocycles. The molecule has 528 valence electrons. The number of carbonyl (C=O) groups is 11. The Hall–Kier alpha value is -7.45. The molecule has 94 heavy (non-hydrogen) atoms. The summed E-state index contributed by atoms with van der Waals surface area (Å²) >= 11 is 0. The van der Waals surface area contributed by atoms with E-state index in [4.69, 9.17) is 28.4 Å². The van der Waals surface area contributed by atoms with E-state index in [1.165, 1.54) is 12.2 Å². The number of unbranched alkanes of at least 4 members (excludes halogenated alkanes) is 2. The third-order valence-corrected chi connectivity index (χ3v) is 14.5. The smallest absolute Gasteiger partial charge is 0.253 e. The minimum atomic E-state index is -1.08. The number of hydrogen-bond acceptors (Lipinski definition) is 21. The fraction of sp³-hybridized carbons (Fsp3) is 0.730. The van der Waals surface area contributed by atoms with Gasteiger partial charge in [0.1, 0.15) is 29.5 Å². The minimum Gasteiger partial charge on any atom is -0.379 e. The lowest BCUT2D eigenvalue weighted by Crippen LogP contribution is -2.54. The molecule has 0 unspecified atom stereocenters. The molecule has 3 heterocycles. The van der Waals surface area contributed by atoms with Crippen molar-refractivity contribution in [2.24, 2.45) is 22.7 Å². The van der Waals surface area contributed by atoms with Gasteiger partial charge in [0.15, 0.2) is 11.6 Å².